The van der Waals surface area contributed by atoms with Crippen molar-refractivity contribution in [2.75, 3.05) is 47.5 Å². The molecule has 0 saturated carbocycles. The van der Waals surface area contributed by atoms with Crippen LogP contribution in [0.4, 0.5) is 0 Å². The van der Waals surface area contributed by atoms with Gasteiger partial charge in [0, 0.05) is 12.8 Å². The second-order valence-corrected chi connectivity index (χ2v) is 17.6. The first-order valence-corrected chi connectivity index (χ1v) is 23.3. The van der Waals surface area contributed by atoms with Crippen molar-refractivity contribution in [2.24, 2.45) is 0 Å². The highest BCUT2D eigenvalue weighted by Crippen LogP contribution is 2.43. The van der Waals surface area contributed by atoms with Crippen LogP contribution < -0.4 is 0 Å². The van der Waals surface area contributed by atoms with Gasteiger partial charge in [-0.25, -0.2) is 4.57 Å². The molecule has 9 nitrogen and oxygen atoms in total. The number of phosphoric ester groups is 1. The van der Waals surface area contributed by atoms with Gasteiger partial charge < -0.3 is 18.9 Å². The van der Waals surface area contributed by atoms with Crippen LogP contribution in [-0.4, -0.2) is 74.9 Å². The van der Waals surface area contributed by atoms with Crippen LogP contribution in [-0.2, 0) is 32.7 Å². The van der Waals surface area contributed by atoms with Crippen molar-refractivity contribution in [2.45, 2.75) is 213 Å². The summed E-state index contributed by atoms with van der Waals surface area (Å²) in [6.45, 7) is 4.32. The normalized spacial score (nSPS) is 13.6. The monoisotopic (exact) mass is 763 g/mol. The van der Waals surface area contributed by atoms with Crippen molar-refractivity contribution in [3.8, 4) is 0 Å². The first-order chi connectivity index (χ1) is 25.0. The van der Waals surface area contributed by atoms with Gasteiger partial charge >= 0.3 is 19.8 Å². The maximum atomic E-state index is 12.6. The minimum Gasteiger partial charge on any atom is -0.462 e. The van der Waals surface area contributed by atoms with Gasteiger partial charge in [-0.3, -0.25) is 18.6 Å². The molecule has 0 aromatic carbocycles. The van der Waals surface area contributed by atoms with Gasteiger partial charge in [0.05, 0.1) is 27.7 Å². The molecule has 0 aliphatic carbocycles. The van der Waals surface area contributed by atoms with E-state index in [4.69, 9.17) is 18.5 Å². The Balaban J connectivity index is 3.96. The summed E-state index contributed by atoms with van der Waals surface area (Å²) >= 11 is 0. The second kappa shape index (κ2) is 35.7. The Morgan fingerprint density at radius 3 is 1.25 bits per heavy atom. The minimum absolute atomic E-state index is 0.0358. The zero-order chi connectivity index (χ0) is 38.6. The first-order valence-electron chi connectivity index (χ1n) is 21.8. The molecule has 10 heteroatoms. The van der Waals surface area contributed by atoms with Gasteiger partial charge in [0.15, 0.2) is 6.10 Å². The molecule has 2 unspecified atom stereocenters. The predicted octanol–water partition coefficient (Wildman–Crippen LogP) is 12.0. The van der Waals surface area contributed by atoms with Crippen molar-refractivity contribution >= 4 is 19.8 Å². The third-order valence-electron chi connectivity index (χ3n) is 9.64. The summed E-state index contributed by atoms with van der Waals surface area (Å²) in [6, 6.07) is 0. The van der Waals surface area contributed by atoms with E-state index in [0.717, 1.165) is 44.9 Å². The van der Waals surface area contributed by atoms with E-state index in [9.17, 15) is 19.0 Å². The fraction of sp³-hybridized carbons (Fsp3) is 0.952. The van der Waals surface area contributed by atoms with Crippen LogP contribution in [0.3, 0.4) is 0 Å². The Hall–Kier alpha value is -0.990. The number of likely N-dealkylation sites (N-methyl/N-ethyl adjacent to an activating group) is 1. The fourth-order valence-electron chi connectivity index (χ4n) is 6.19. The number of rotatable bonds is 40. The first kappa shape index (κ1) is 51.0. The van der Waals surface area contributed by atoms with E-state index >= 15 is 0 Å². The molecule has 0 radical (unpaired) electrons. The maximum absolute atomic E-state index is 12.6. The molecule has 0 aromatic heterocycles. The lowest BCUT2D eigenvalue weighted by Gasteiger charge is -2.24. The summed E-state index contributed by atoms with van der Waals surface area (Å²) in [5.74, 6) is -0.807. The lowest BCUT2D eigenvalue weighted by atomic mass is 10.0. The molecule has 1 N–H and O–H groups in total. The van der Waals surface area contributed by atoms with Gasteiger partial charge in [0.2, 0.25) is 0 Å². The molecule has 0 heterocycles. The van der Waals surface area contributed by atoms with Crippen LogP contribution in [0, 0.1) is 0 Å². The van der Waals surface area contributed by atoms with E-state index in [0.29, 0.717) is 11.0 Å². The third-order valence-corrected chi connectivity index (χ3v) is 10.6. The maximum Gasteiger partial charge on any atom is 0.472 e. The molecule has 0 bridgehead atoms. The van der Waals surface area contributed by atoms with Crippen LogP contribution in [0.5, 0.6) is 0 Å². The van der Waals surface area contributed by atoms with E-state index in [-0.39, 0.29) is 32.0 Å². The highest BCUT2D eigenvalue weighted by atomic mass is 31.2. The number of hydrogen-bond donors (Lipinski definition) is 1. The molecule has 0 aromatic rings. The molecule has 0 aliphatic heterocycles. The van der Waals surface area contributed by atoms with Crippen molar-refractivity contribution < 1.29 is 42.1 Å². The van der Waals surface area contributed by atoms with Crippen molar-refractivity contribution in [3.05, 3.63) is 0 Å². The van der Waals surface area contributed by atoms with Gasteiger partial charge in [-0.1, -0.05) is 181 Å². The highest BCUT2D eigenvalue weighted by Gasteiger charge is 2.27. The van der Waals surface area contributed by atoms with Gasteiger partial charge in [-0.05, 0) is 12.8 Å². The molecule has 0 aliphatic rings. The lowest BCUT2D eigenvalue weighted by Crippen LogP contribution is -2.37. The molecule has 0 saturated heterocycles. The number of esters is 2. The Morgan fingerprint density at radius 2 is 0.865 bits per heavy atom. The number of carbonyl (C=O) groups excluding carboxylic acids is 2. The topological polar surface area (TPSA) is 108 Å². The fourth-order valence-corrected chi connectivity index (χ4v) is 6.93. The number of quaternary nitrogens is 1. The zero-order valence-electron chi connectivity index (χ0n) is 34.8. The quantitative estimate of drug-likeness (QED) is 0.0284. The molecule has 2 atom stereocenters. The van der Waals surface area contributed by atoms with E-state index in [1.54, 1.807) is 0 Å². The van der Waals surface area contributed by atoms with E-state index in [1.165, 1.54) is 135 Å². The van der Waals surface area contributed by atoms with Gasteiger partial charge in [-0.2, -0.15) is 0 Å². The summed E-state index contributed by atoms with van der Waals surface area (Å²) in [7, 11) is 1.49. The number of nitrogens with zero attached hydrogens (tertiary/aromatic N) is 1. The van der Waals surface area contributed by atoms with Gasteiger partial charge in [-0.15, -0.1) is 0 Å². The highest BCUT2D eigenvalue weighted by molar-refractivity contribution is 7.47. The Bertz CT molecular complexity index is 865. The van der Waals surface area contributed by atoms with Crippen molar-refractivity contribution in [3.63, 3.8) is 0 Å². The summed E-state index contributed by atoms with van der Waals surface area (Å²) in [5, 5.41) is 0. The molecule has 0 rings (SSSR count). The average molecular weight is 763 g/mol. The molecule has 0 amide bonds. The van der Waals surface area contributed by atoms with Gasteiger partial charge in [0.1, 0.15) is 19.8 Å². The number of phosphoric acid groups is 1. The van der Waals surface area contributed by atoms with Crippen LogP contribution in [0.1, 0.15) is 206 Å². The van der Waals surface area contributed by atoms with E-state index in [2.05, 4.69) is 13.8 Å². The Morgan fingerprint density at radius 1 is 0.519 bits per heavy atom. The average Bonchev–Trinajstić information content (AvgIpc) is 3.09. The SMILES string of the molecule is CCCCCCCCCCCCCCCCCCCCCCCCCCC(=O)OC(COC(=O)CCCCCC)COP(=O)(O)OCC[N+](C)(C)C. The number of unbranched alkanes of at least 4 members (excludes halogenated alkanes) is 26. The predicted molar refractivity (Wildman–Crippen MR) is 215 cm³/mol. The van der Waals surface area contributed by atoms with E-state index < -0.39 is 26.5 Å². The largest absolute Gasteiger partial charge is 0.472 e. The molecule has 0 spiro atoms. The summed E-state index contributed by atoms with van der Waals surface area (Å²) in [5.41, 5.74) is 0. The molecular weight excluding hydrogens is 677 g/mol. The summed E-state index contributed by atoms with van der Waals surface area (Å²) in [4.78, 5) is 34.9. The minimum atomic E-state index is -4.35. The number of carbonyl (C=O) groups is 2. The van der Waals surface area contributed by atoms with Crippen LogP contribution in [0.2, 0.25) is 0 Å². The van der Waals surface area contributed by atoms with Crippen LogP contribution >= 0.6 is 7.82 Å². The molecular formula is C42H85NO8P+. The van der Waals surface area contributed by atoms with Crippen molar-refractivity contribution in [1.29, 1.82) is 0 Å². The Kier molecular flexibility index (Phi) is 35.0. The smallest absolute Gasteiger partial charge is 0.462 e. The molecule has 52 heavy (non-hydrogen) atoms. The number of ether oxygens (including phenoxy) is 2. The zero-order valence-corrected chi connectivity index (χ0v) is 35.7. The standard InChI is InChI=1S/C42H84NO8P/c1-6-8-10-12-13-14-15-16-17-18-19-20-21-22-23-24-25-26-27-28-29-30-31-33-35-42(45)51-40(38-48-41(44)34-32-11-9-7-2)39-50-52(46,47)49-37-36-43(3,4)5/h40H,6-39H2,1-5H3/p+1. The van der Waals surface area contributed by atoms with Crippen LogP contribution in [0.25, 0.3) is 0 Å². The molecule has 310 valence electrons. The lowest BCUT2D eigenvalue weighted by molar-refractivity contribution is -0.870. The molecule has 0 fully saturated rings. The summed E-state index contributed by atoms with van der Waals surface area (Å²) in [6.07, 6.45) is 35.1. The van der Waals surface area contributed by atoms with E-state index in [1.807, 2.05) is 21.1 Å². The van der Waals surface area contributed by atoms with Crippen molar-refractivity contribution in [1.82, 2.24) is 0 Å². The second-order valence-electron chi connectivity index (χ2n) is 16.1. The van der Waals surface area contributed by atoms with Crippen LogP contribution in [0.15, 0.2) is 0 Å². The van der Waals surface area contributed by atoms with Gasteiger partial charge in [0.25, 0.3) is 0 Å². The number of hydrogen-bond acceptors (Lipinski definition) is 7. The Labute approximate surface area is 321 Å². The summed E-state index contributed by atoms with van der Waals surface area (Å²) < 4.78 is 34.0. The third kappa shape index (κ3) is 38.7.